The molecule has 0 spiro atoms. The zero-order valence-electron chi connectivity index (χ0n) is 17.9. The minimum Gasteiger partial charge on any atom is -0.459 e. The number of hydrogen-bond acceptors (Lipinski definition) is 6. The maximum Gasteiger partial charge on any atom is 0.320 e. The van der Waals surface area contributed by atoms with Crippen molar-refractivity contribution in [2.45, 2.75) is 78.3 Å². The highest BCUT2D eigenvalue weighted by atomic mass is 16.6. The Morgan fingerprint density at radius 1 is 0.929 bits per heavy atom. The molecule has 158 valence electrons. The normalized spacial score (nSPS) is 13.3. The van der Waals surface area contributed by atoms with E-state index in [0.717, 1.165) is 5.56 Å². The third kappa shape index (κ3) is 10.4. The molecule has 0 aliphatic heterocycles. The second kappa shape index (κ2) is 10.6. The van der Waals surface area contributed by atoms with E-state index in [0.29, 0.717) is 19.6 Å². The van der Waals surface area contributed by atoms with Gasteiger partial charge in [0.2, 0.25) is 0 Å². The van der Waals surface area contributed by atoms with Crippen molar-refractivity contribution < 1.29 is 28.9 Å². The Labute approximate surface area is 168 Å². The lowest BCUT2D eigenvalue weighted by atomic mass is 9.99. The van der Waals surface area contributed by atoms with E-state index in [2.05, 4.69) is 0 Å². The Balaban J connectivity index is 2.60. The summed E-state index contributed by atoms with van der Waals surface area (Å²) >= 11 is 0. The number of ether oxygens (including phenoxy) is 3. The summed E-state index contributed by atoms with van der Waals surface area (Å²) in [7, 11) is 0. The maximum atomic E-state index is 12.5. The monoisotopic (exact) mass is 394 g/mol. The van der Waals surface area contributed by atoms with Gasteiger partial charge in [-0.1, -0.05) is 30.3 Å². The van der Waals surface area contributed by atoms with Gasteiger partial charge in [-0.15, -0.1) is 0 Å². The van der Waals surface area contributed by atoms with Crippen molar-refractivity contribution >= 4 is 11.9 Å². The van der Waals surface area contributed by atoms with Crippen LogP contribution < -0.4 is 0 Å². The van der Waals surface area contributed by atoms with Crippen LogP contribution in [-0.2, 0) is 30.4 Å². The smallest absolute Gasteiger partial charge is 0.320 e. The van der Waals surface area contributed by atoms with E-state index in [9.17, 15) is 14.7 Å². The summed E-state index contributed by atoms with van der Waals surface area (Å²) in [6.45, 7) is 11.1. The molecule has 28 heavy (non-hydrogen) atoms. The Morgan fingerprint density at radius 3 is 1.89 bits per heavy atom. The minimum absolute atomic E-state index is 0.0709. The summed E-state index contributed by atoms with van der Waals surface area (Å²) < 4.78 is 16.2. The molecule has 1 atom stereocenters. The van der Waals surface area contributed by atoms with Crippen LogP contribution in [0.3, 0.4) is 0 Å². The highest BCUT2D eigenvalue weighted by Gasteiger charge is 2.36. The lowest BCUT2D eigenvalue weighted by molar-refractivity contribution is -0.176. The van der Waals surface area contributed by atoms with Gasteiger partial charge in [0.25, 0.3) is 0 Å². The number of carbonyl (C=O) groups excluding carboxylic acids is 2. The fraction of sp³-hybridized carbons (Fsp3) is 0.636. The average Bonchev–Trinajstić information content (AvgIpc) is 2.54. The van der Waals surface area contributed by atoms with Crippen LogP contribution in [0.15, 0.2) is 30.3 Å². The molecule has 1 rings (SSSR count). The summed E-state index contributed by atoms with van der Waals surface area (Å²) in [5.41, 5.74) is -0.431. The molecule has 0 aliphatic rings. The van der Waals surface area contributed by atoms with Gasteiger partial charge in [0.15, 0.2) is 5.92 Å². The van der Waals surface area contributed by atoms with Crippen molar-refractivity contribution in [1.82, 2.24) is 0 Å². The molecule has 6 heteroatoms. The zero-order chi connectivity index (χ0) is 21.4. The number of carbonyl (C=O) groups is 2. The molecule has 0 aliphatic carbocycles. The van der Waals surface area contributed by atoms with Gasteiger partial charge in [0.05, 0.1) is 12.7 Å². The second-order valence-corrected chi connectivity index (χ2v) is 8.84. The molecule has 0 saturated carbocycles. The van der Waals surface area contributed by atoms with Crippen LogP contribution in [0.4, 0.5) is 0 Å². The van der Waals surface area contributed by atoms with E-state index < -0.39 is 35.2 Å². The van der Waals surface area contributed by atoms with Crippen LogP contribution in [0.1, 0.15) is 59.9 Å². The van der Waals surface area contributed by atoms with Crippen LogP contribution in [0.5, 0.6) is 0 Å². The van der Waals surface area contributed by atoms with Crippen molar-refractivity contribution in [2.24, 2.45) is 5.92 Å². The lowest BCUT2D eigenvalue weighted by Crippen LogP contribution is -2.38. The Kier molecular flexibility index (Phi) is 9.11. The first-order valence-corrected chi connectivity index (χ1v) is 9.63. The average molecular weight is 395 g/mol. The van der Waals surface area contributed by atoms with Crippen molar-refractivity contribution in [1.29, 1.82) is 0 Å². The van der Waals surface area contributed by atoms with E-state index in [1.165, 1.54) is 0 Å². The third-order valence-corrected chi connectivity index (χ3v) is 3.60. The molecule has 0 heterocycles. The predicted molar refractivity (Wildman–Crippen MR) is 107 cm³/mol. The lowest BCUT2D eigenvalue weighted by Gasteiger charge is -2.27. The topological polar surface area (TPSA) is 82.1 Å². The Hall–Kier alpha value is -1.92. The molecule has 6 nitrogen and oxygen atoms in total. The highest BCUT2D eigenvalue weighted by molar-refractivity contribution is 5.95. The summed E-state index contributed by atoms with van der Waals surface area (Å²) in [5.74, 6) is -2.56. The summed E-state index contributed by atoms with van der Waals surface area (Å²) in [6.07, 6.45) is -0.659. The maximum absolute atomic E-state index is 12.5. The standard InChI is InChI=1S/C22H34O6/c1-21(2,3)27-19(24)18(20(25)28-22(4,5)6)14-17(23)12-13-26-15-16-10-8-7-9-11-16/h7-11,17-18,23H,12-15H2,1-6H3/t17-/m1/s1. The van der Waals surface area contributed by atoms with Crippen LogP contribution in [-0.4, -0.2) is 41.0 Å². The van der Waals surface area contributed by atoms with Gasteiger partial charge in [0, 0.05) is 6.61 Å². The fourth-order valence-corrected chi connectivity index (χ4v) is 2.41. The van der Waals surface area contributed by atoms with Crippen molar-refractivity contribution in [3.63, 3.8) is 0 Å². The summed E-state index contributed by atoms with van der Waals surface area (Å²) in [5, 5.41) is 10.3. The Morgan fingerprint density at radius 2 is 1.43 bits per heavy atom. The number of aliphatic hydroxyl groups excluding tert-OH is 1. The second-order valence-electron chi connectivity index (χ2n) is 8.84. The molecule has 1 N–H and O–H groups in total. The molecule has 1 aromatic rings. The van der Waals surface area contributed by atoms with E-state index in [4.69, 9.17) is 14.2 Å². The molecule has 0 unspecified atom stereocenters. The molecular weight excluding hydrogens is 360 g/mol. The first-order chi connectivity index (χ1) is 12.9. The fourth-order valence-electron chi connectivity index (χ4n) is 2.41. The molecule has 1 aromatic carbocycles. The van der Waals surface area contributed by atoms with Gasteiger partial charge in [-0.25, -0.2) is 0 Å². The van der Waals surface area contributed by atoms with Crippen molar-refractivity contribution in [3.05, 3.63) is 35.9 Å². The first-order valence-electron chi connectivity index (χ1n) is 9.63. The van der Waals surface area contributed by atoms with E-state index in [1.54, 1.807) is 41.5 Å². The largest absolute Gasteiger partial charge is 0.459 e. The van der Waals surface area contributed by atoms with Crippen LogP contribution in [0.2, 0.25) is 0 Å². The van der Waals surface area contributed by atoms with E-state index in [1.807, 2.05) is 30.3 Å². The molecule has 0 radical (unpaired) electrons. The molecular formula is C22H34O6. The van der Waals surface area contributed by atoms with E-state index >= 15 is 0 Å². The number of hydrogen-bond donors (Lipinski definition) is 1. The SMILES string of the molecule is CC(C)(C)OC(=O)C(C[C@H](O)CCOCc1ccccc1)C(=O)OC(C)(C)C. The van der Waals surface area contributed by atoms with Gasteiger partial charge in [0.1, 0.15) is 11.2 Å². The van der Waals surface area contributed by atoms with Crippen molar-refractivity contribution in [3.8, 4) is 0 Å². The summed E-state index contributed by atoms with van der Waals surface area (Å²) in [6, 6.07) is 9.70. The number of rotatable bonds is 9. The van der Waals surface area contributed by atoms with Crippen LogP contribution in [0, 0.1) is 5.92 Å². The molecule has 0 aromatic heterocycles. The van der Waals surface area contributed by atoms with Gasteiger partial charge in [-0.2, -0.15) is 0 Å². The number of aliphatic hydroxyl groups is 1. The molecule has 0 fully saturated rings. The predicted octanol–water partition coefficient (Wildman–Crippen LogP) is 3.64. The summed E-state index contributed by atoms with van der Waals surface area (Å²) in [4.78, 5) is 24.9. The molecule has 0 bridgehead atoms. The number of esters is 2. The Bertz CT molecular complexity index is 584. The zero-order valence-corrected chi connectivity index (χ0v) is 17.9. The van der Waals surface area contributed by atoms with Gasteiger partial charge in [-0.3, -0.25) is 9.59 Å². The van der Waals surface area contributed by atoms with Gasteiger partial charge >= 0.3 is 11.9 Å². The minimum atomic E-state index is -1.18. The van der Waals surface area contributed by atoms with Gasteiger partial charge < -0.3 is 19.3 Å². The molecule has 0 amide bonds. The highest BCUT2D eigenvalue weighted by Crippen LogP contribution is 2.21. The molecule has 0 saturated heterocycles. The van der Waals surface area contributed by atoms with Crippen LogP contribution >= 0.6 is 0 Å². The van der Waals surface area contributed by atoms with Crippen molar-refractivity contribution in [2.75, 3.05) is 6.61 Å². The van der Waals surface area contributed by atoms with Crippen LogP contribution in [0.25, 0.3) is 0 Å². The first kappa shape index (κ1) is 24.1. The quantitative estimate of drug-likeness (QED) is 0.391. The van der Waals surface area contributed by atoms with Gasteiger partial charge in [-0.05, 0) is 59.9 Å². The third-order valence-electron chi connectivity index (χ3n) is 3.60. The number of benzene rings is 1. The van der Waals surface area contributed by atoms with E-state index in [-0.39, 0.29) is 6.42 Å².